The molecule has 3 aromatic heterocycles. The van der Waals surface area contributed by atoms with Gasteiger partial charge in [0.15, 0.2) is 0 Å². The SMILES string of the molecule is Cc1cccc(CN2CCC(CNC(=O)Cn3cnc4sc(C)c(S(=O)(=O)N5CCN(c6ncccn6)CC5)c4c3=O)CC2)c1. The van der Waals surface area contributed by atoms with E-state index in [0.717, 1.165) is 32.5 Å². The topological polar surface area (TPSA) is 134 Å². The minimum Gasteiger partial charge on any atom is -0.354 e. The molecule has 0 spiro atoms. The first-order valence-electron chi connectivity index (χ1n) is 15.2. The summed E-state index contributed by atoms with van der Waals surface area (Å²) in [5.41, 5.74) is 2.05. The highest BCUT2D eigenvalue weighted by Crippen LogP contribution is 2.33. The smallest absolute Gasteiger partial charge is 0.263 e. The number of fused-ring (bicyclic) bond motifs is 1. The van der Waals surface area contributed by atoms with Crippen molar-refractivity contribution < 1.29 is 13.2 Å². The third-order valence-corrected chi connectivity index (χ3v) is 11.8. The molecule has 0 bridgehead atoms. The van der Waals surface area contributed by atoms with Gasteiger partial charge in [-0.2, -0.15) is 4.31 Å². The number of benzene rings is 1. The third-order valence-electron chi connectivity index (χ3n) is 8.57. The van der Waals surface area contributed by atoms with Crippen LogP contribution < -0.4 is 15.8 Å². The number of likely N-dealkylation sites (tertiary alicyclic amines) is 1. The summed E-state index contributed by atoms with van der Waals surface area (Å²) < 4.78 is 30.3. The fourth-order valence-corrected chi connectivity index (χ4v) is 9.22. The molecule has 45 heavy (non-hydrogen) atoms. The number of nitrogens with one attached hydrogen (secondary N) is 1. The van der Waals surface area contributed by atoms with E-state index in [0.29, 0.717) is 41.2 Å². The summed E-state index contributed by atoms with van der Waals surface area (Å²) >= 11 is 1.17. The molecule has 2 saturated heterocycles. The summed E-state index contributed by atoms with van der Waals surface area (Å²) in [4.78, 5) is 44.6. The molecule has 5 heterocycles. The number of piperazine rings is 1. The molecule has 1 N–H and O–H groups in total. The second-order valence-corrected chi connectivity index (χ2v) is 14.9. The maximum atomic E-state index is 13.9. The largest absolute Gasteiger partial charge is 0.354 e. The lowest BCUT2D eigenvalue weighted by Crippen LogP contribution is -2.49. The zero-order valence-electron chi connectivity index (χ0n) is 25.6. The number of aryl methyl sites for hydroxylation is 2. The van der Waals surface area contributed by atoms with Gasteiger partial charge in [0.2, 0.25) is 21.9 Å². The summed E-state index contributed by atoms with van der Waals surface area (Å²) in [6.45, 7) is 8.31. The Balaban J connectivity index is 1.08. The van der Waals surface area contributed by atoms with Gasteiger partial charge < -0.3 is 10.2 Å². The van der Waals surface area contributed by atoms with Crippen LogP contribution in [0, 0.1) is 19.8 Å². The Labute approximate surface area is 266 Å². The molecule has 0 radical (unpaired) electrons. The lowest BCUT2D eigenvalue weighted by molar-refractivity contribution is -0.122. The van der Waals surface area contributed by atoms with Crippen molar-refractivity contribution in [3.05, 3.63) is 75.4 Å². The van der Waals surface area contributed by atoms with Crippen LogP contribution in [0.15, 0.2) is 58.7 Å². The van der Waals surface area contributed by atoms with Crippen LogP contribution in [0.1, 0.15) is 28.8 Å². The monoisotopic (exact) mass is 650 g/mol. The summed E-state index contributed by atoms with van der Waals surface area (Å²) in [5, 5.41) is 3.03. The van der Waals surface area contributed by atoms with Gasteiger partial charge in [-0.1, -0.05) is 29.8 Å². The molecule has 2 fully saturated rings. The summed E-state index contributed by atoms with van der Waals surface area (Å²) in [5.74, 6) is 0.627. The van der Waals surface area contributed by atoms with Crippen LogP contribution in [0.4, 0.5) is 5.95 Å². The van der Waals surface area contributed by atoms with Gasteiger partial charge in [0.1, 0.15) is 16.3 Å². The first kappa shape index (κ1) is 31.3. The number of hydrogen-bond donors (Lipinski definition) is 1. The van der Waals surface area contributed by atoms with Crippen LogP contribution in [0.5, 0.6) is 0 Å². The Morgan fingerprint density at radius 1 is 1.00 bits per heavy atom. The number of carbonyl (C=O) groups is 1. The molecule has 0 atom stereocenters. The highest BCUT2D eigenvalue weighted by atomic mass is 32.2. The second kappa shape index (κ2) is 13.3. The first-order valence-corrected chi connectivity index (χ1v) is 17.5. The average molecular weight is 651 g/mol. The molecule has 12 nitrogen and oxygen atoms in total. The van der Waals surface area contributed by atoms with Crippen molar-refractivity contribution in [2.45, 2.75) is 44.7 Å². The average Bonchev–Trinajstić information content (AvgIpc) is 3.40. The highest BCUT2D eigenvalue weighted by Gasteiger charge is 2.34. The summed E-state index contributed by atoms with van der Waals surface area (Å²) in [6.07, 6.45) is 6.62. The molecule has 1 amide bonds. The third kappa shape index (κ3) is 6.93. The second-order valence-electron chi connectivity index (χ2n) is 11.8. The van der Waals surface area contributed by atoms with Crippen molar-refractivity contribution in [3.8, 4) is 0 Å². The zero-order valence-corrected chi connectivity index (χ0v) is 27.2. The fraction of sp³-hybridized carbons (Fsp3) is 0.452. The number of thiophene rings is 1. The number of sulfonamides is 1. The van der Waals surface area contributed by atoms with Crippen molar-refractivity contribution in [3.63, 3.8) is 0 Å². The van der Waals surface area contributed by atoms with Gasteiger partial charge in [-0.05, 0) is 57.3 Å². The summed E-state index contributed by atoms with van der Waals surface area (Å²) in [7, 11) is -3.98. The number of piperidine rings is 1. The normalized spacial score (nSPS) is 17.2. The van der Waals surface area contributed by atoms with E-state index in [4.69, 9.17) is 0 Å². The molecule has 238 valence electrons. The zero-order chi connectivity index (χ0) is 31.6. The van der Waals surface area contributed by atoms with E-state index in [1.165, 1.54) is 37.7 Å². The molecule has 0 unspecified atom stereocenters. The first-order chi connectivity index (χ1) is 21.7. The van der Waals surface area contributed by atoms with Crippen LogP contribution in [0.2, 0.25) is 0 Å². The molecular weight excluding hydrogens is 613 g/mol. The van der Waals surface area contributed by atoms with Gasteiger partial charge >= 0.3 is 0 Å². The molecule has 2 aliphatic rings. The Morgan fingerprint density at radius 3 is 2.44 bits per heavy atom. The van der Waals surface area contributed by atoms with Crippen LogP contribution >= 0.6 is 11.3 Å². The van der Waals surface area contributed by atoms with Gasteiger partial charge in [0, 0.05) is 56.5 Å². The number of aromatic nitrogens is 4. The Kier molecular flexibility index (Phi) is 9.26. The van der Waals surface area contributed by atoms with Crippen molar-refractivity contribution in [2.75, 3.05) is 50.7 Å². The molecule has 0 aliphatic carbocycles. The van der Waals surface area contributed by atoms with Crippen molar-refractivity contribution in [1.82, 2.24) is 34.0 Å². The van der Waals surface area contributed by atoms with E-state index in [-0.39, 0.29) is 35.8 Å². The molecule has 14 heteroatoms. The van der Waals surface area contributed by atoms with E-state index >= 15 is 0 Å². The molecule has 6 rings (SSSR count). The summed E-state index contributed by atoms with van der Waals surface area (Å²) in [6, 6.07) is 10.3. The van der Waals surface area contributed by atoms with Gasteiger partial charge in [0.05, 0.1) is 11.7 Å². The Bertz CT molecular complexity index is 1830. The molecule has 2 aliphatic heterocycles. The van der Waals surface area contributed by atoms with Gasteiger partial charge in [-0.15, -0.1) is 11.3 Å². The van der Waals surface area contributed by atoms with Crippen LogP contribution in [0.25, 0.3) is 10.2 Å². The van der Waals surface area contributed by atoms with Crippen LogP contribution in [-0.4, -0.2) is 88.9 Å². The van der Waals surface area contributed by atoms with E-state index in [1.54, 1.807) is 25.4 Å². The molecule has 1 aromatic carbocycles. The van der Waals surface area contributed by atoms with Gasteiger partial charge in [0.25, 0.3) is 5.56 Å². The van der Waals surface area contributed by atoms with E-state index in [9.17, 15) is 18.0 Å². The lowest BCUT2D eigenvalue weighted by Gasteiger charge is -2.33. The van der Waals surface area contributed by atoms with Crippen LogP contribution in [-0.2, 0) is 27.9 Å². The number of anilines is 1. The van der Waals surface area contributed by atoms with E-state index in [1.807, 2.05) is 4.90 Å². The number of carbonyl (C=O) groups excluding carboxylic acids is 1. The number of amides is 1. The standard InChI is InChI=1S/C31H38N8O4S2/c1-22-5-3-6-25(17-22)19-36-11-7-24(8-12-36)18-34-26(40)20-38-21-35-29-27(30(38)41)28(23(2)44-29)45(42,43)39-15-13-37(14-16-39)31-32-9-4-10-33-31/h3-6,9-10,17,21,24H,7-8,11-16,18-20H2,1-2H3,(H,34,40). The number of hydrogen-bond acceptors (Lipinski definition) is 10. The molecule has 4 aromatic rings. The van der Waals surface area contributed by atoms with E-state index < -0.39 is 15.6 Å². The maximum Gasteiger partial charge on any atom is 0.263 e. The predicted octanol–water partition coefficient (Wildman–Crippen LogP) is 2.40. The van der Waals surface area contributed by atoms with Crippen molar-refractivity contribution in [1.29, 1.82) is 0 Å². The Hall–Kier alpha value is -3.72. The van der Waals surface area contributed by atoms with Gasteiger partial charge in [-0.25, -0.2) is 23.4 Å². The van der Waals surface area contributed by atoms with Gasteiger partial charge in [-0.3, -0.25) is 19.1 Å². The predicted molar refractivity (Wildman–Crippen MR) is 174 cm³/mol. The molecular formula is C31H38N8O4S2. The Morgan fingerprint density at radius 2 is 1.73 bits per heavy atom. The minimum atomic E-state index is -3.98. The van der Waals surface area contributed by atoms with E-state index in [2.05, 4.69) is 56.4 Å². The number of nitrogens with zero attached hydrogens (tertiary/aromatic N) is 7. The molecule has 0 saturated carbocycles. The lowest BCUT2D eigenvalue weighted by atomic mass is 9.96. The van der Waals surface area contributed by atoms with Crippen molar-refractivity contribution in [2.24, 2.45) is 5.92 Å². The maximum absolute atomic E-state index is 13.9. The quantitative estimate of drug-likeness (QED) is 0.290. The highest BCUT2D eigenvalue weighted by molar-refractivity contribution is 7.89. The number of rotatable bonds is 9. The van der Waals surface area contributed by atoms with Crippen molar-refractivity contribution >= 4 is 43.4 Å². The van der Waals surface area contributed by atoms with Crippen LogP contribution in [0.3, 0.4) is 0 Å². The fourth-order valence-electron chi connectivity index (χ4n) is 6.13. The minimum absolute atomic E-state index is 0.0170.